The topological polar surface area (TPSA) is 86.5 Å². The van der Waals surface area contributed by atoms with Crippen LogP contribution in [-0.4, -0.2) is 44.8 Å². The van der Waals surface area contributed by atoms with Crippen LogP contribution in [0.3, 0.4) is 0 Å². The summed E-state index contributed by atoms with van der Waals surface area (Å²) < 4.78 is 0. The molecule has 1 saturated heterocycles. The molecular weight excluding hydrogens is 222 g/mol. The van der Waals surface area contributed by atoms with Gasteiger partial charge < -0.3 is 15.1 Å². The molecule has 1 aliphatic heterocycles. The van der Waals surface area contributed by atoms with Gasteiger partial charge in [-0.15, -0.1) is 0 Å². The van der Waals surface area contributed by atoms with E-state index in [-0.39, 0.29) is 5.69 Å². The Kier molecular flexibility index (Phi) is 2.09. The summed E-state index contributed by atoms with van der Waals surface area (Å²) in [5.74, 6) is -0.0209. The zero-order valence-electron chi connectivity index (χ0n) is 9.20. The molecule has 2 N–H and O–H groups in total. The summed E-state index contributed by atoms with van der Waals surface area (Å²) in [6.45, 7) is 1.14. The van der Waals surface area contributed by atoms with E-state index in [0.29, 0.717) is 24.8 Å². The van der Waals surface area contributed by atoms with Crippen molar-refractivity contribution < 1.29 is 15.0 Å². The number of rotatable bonds is 3. The fourth-order valence-electron chi connectivity index (χ4n) is 2.25. The van der Waals surface area contributed by atoms with Gasteiger partial charge in [0.15, 0.2) is 5.69 Å². The van der Waals surface area contributed by atoms with Crippen LogP contribution in [0.5, 0.6) is 0 Å². The van der Waals surface area contributed by atoms with Crippen LogP contribution in [-0.2, 0) is 0 Å². The maximum absolute atomic E-state index is 10.6. The Bertz CT molecular complexity index is 450. The normalized spacial score (nSPS) is 22.1. The van der Waals surface area contributed by atoms with Crippen LogP contribution < -0.4 is 4.90 Å². The molecule has 90 valence electrons. The highest BCUT2D eigenvalue weighted by Gasteiger charge is 2.52. The lowest BCUT2D eigenvalue weighted by Gasteiger charge is -2.47. The first-order valence-corrected chi connectivity index (χ1v) is 5.61. The van der Waals surface area contributed by atoms with Crippen LogP contribution in [0.15, 0.2) is 12.4 Å². The fourth-order valence-corrected chi connectivity index (χ4v) is 2.25. The van der Waals surface area contributed by atoms with Crippen LogP contribution in [0.1, 0.15) is 23.3 Å². The van der Waals surface area contributed by atoms with Gasteiger partial charge in [0, 0.05) is 0 Å². The van der Waals surface area contributed by atoms with Crippen molar-refractivity contribution in [1.82, 2.24) is 9.97 Å². The summed E-state index contributed by atoms with van der Waals surface area (Å²) in [4.78, 5) is 20.4. The Morgan fingerprint density at radius 2 is 2.06 bits per heavy atom. The minimum atomic E-state index is -1.08. The van der Waals surface area contributed by atoms with Crippen molar-refractivity contribution in [2.75, 3.05) is 18.0 Å². The minimum absolute atomic E-state index is 0.0632. The molecule has 0 radical (unpaired) electrons. The van der Waals surface area contributed by atoms with Crippen molar-refractivity contribution in [2.24, 2.45) is 5.92 Å². The monoisotopic (exact) mass is 235 g/mol. The molecule has 0 spiro atoms. The average Bonchev–Trinajstić information content (AvgIpc) is 3.09. The lowest BCUT2D eigenvalue weighted by Crippen LogP contribution is -2.63. The Morgan fingerprint density at radius 1 is 1.35 bits per heavy atom. The highest BCUT2D eigenvalue weighted by atomic mass is 16.4. The fraction of sp³-hybridized carbons (Fsp3) is 0.545. The third kappa shape index (κ3) is 1.74. The summed E-state index contributed by atoms with van der Waals surface area (Å²) in [7, 11) is 0. The number of carbonyl (C=O) groups is 1. The van der Waals surface area contributed by atoms with Crippen LogP contribution in [0.25, 0.3) is 0 Å². The zero-order chi connectivity index (χ0) is 12.0. The number of aromatic carboxylic acids is 1. The third-order valence-electron chi connectivity index (χ3n) is 3.45. The van der Waals surface area contributed by atoms with E-state index in [2.05, 4.69) is 9.97 Å². The molecule has 1 aromatic heterocycles. The highest BCUT2D eigenvalue weighted by Crippen LogP contribution is 2.45. The summed E-state index contributed by atoms with van der Waals surface area (Å²) in [5.41, 5.74) is -0.626. The lowest BCUT2D eigenvalue weighted by atomic mass is 9.89. The van der Waals surface area contributed by atoms with Crippen molar-refractivity contribution in [1.29, 1.82) is 0 Å². The molecule has 0 amide bonds. The number of β-amino-alcohol motifs (C(OH)–C–C–N with tert-alkyl or cyclic N) is 1. The molecule has 2 fully saturated rings. The number of hydrogen-bond donors (Lipinski definition) is 2. The molecule has 1 saturated carbocycles. The van der Waals surface area contributed by atoms with Crippen LogP contribution in [0.4, 0.5) is 5.82 Å². The van der Waals surface area contributed by atoms with Crippen molar-refractivity contribution in [3.8, 4) is 0 Å². The molecule has 17 heavy (non-hydrogen) atoms. The molecule has 0 unspecified atom stereocenters. The molecule has 2 aliphatic rings. The molecular formula is C11H13N3O3. The van der Waals surface area contributed by atoms with Gasteiger partial charge in [-0.1, -0.05) is 0 Å². The largest absolute Gasteiger partial charge is 0.476 e. The van der Waals surface area contributed by atoms with Gasteiger partial charge >= 0.3 is 5.97 Å². The Labute approximate surface area is 97.9 Å². The summed E-state index contributed by atoms with van der Waals surface area (Å²) >= 11 is 0. The Morgan fingerprint density at radius 3 is 2.53 bits per heavy atom. The molecule has 6 heteroatoms. The number of aliphatic hydroxyl groups is 1. The van der Waals surface area contributed by atoms with Crippen molar-refractivity contribution >= 4 is 11.8 Å². The Hall–Kier alpha value is -1.69. The summed E-state index contributed by atoms with van der Waals surface area (Å²) in [5, 5.41) is 18.8. The van der Waals surface area contributed by atoms with Crippen molar-refractivity contribution in [3.63, 3.8) is 0 Å². The van der Waals surface area contributed by atoms with Gasteiger partial charge in [-0.05, 0) is 18.8 Å². The number of aromatic nitrogens is 2. The van der Waals surface area contributed by atoms with Gasteiger partial charge in [0.1, 0.15) is 11.4 Å². The molecule has 1 aliphatic carbocycles. The van der Waals surface area contributed by atoms with E-state index in [1.807, 2.05) is 4.90 Å². The van der Waals surface area contributed by atoms with Gasteiger partial charge in [-0.25, -0.2) is 14.8 Å². The first-order chi connectivity index (χ1) is 8.08. The predicted molar refractivity (Wildman–Crippen MR) is 58.9 cm³/mol. The van der Waals surface area contributed by atoms with Crippen LogP contribution in [0.2, 0.25) is 0 Å². The van der Waals surface area contributed by atoms with Gasteiger partial charge in [0.05, 0.1) is 25.5 Å². The van der Waals surface area contributed by atoms with Gasteiger partial charge in [-0.3, -0.25) is 0 Å². The SMILES string of the molecule is O=C(O)c1cnc(N2CC(O)(C3CC3)C2)cn1. The molecule has 1 aromatic rings. The van der Waals surface area contributed by atoms with E-state index in [0.717, 1.165) is 12.8 Å². The zero-order valence-corrected chi connectivity index (χ0v) is 9.20. The maximum atomic E-state index is 10.6. The molecule has 0 bridgehead atoms. The van der Waals surface area contributed by atoms with E-state index >= 15 is 0 Å². The van der Waals surface area contributed by atoms with Crippen molar-refractivity contribution in [2.45, 2.75) is 18.4 Å². The number of hydrogen-bond acceptors (Lipinski definition) is 5. The van der Waals surface area contributed by atoms with Crippen molar-refractivity contribution in [3.05, 3.63) is 18.1 Å². The first-order valence-electron chi connectivity index (χ1n) is 5.61. The molecule has 6 nitrogen and oxygen atoms in total. The summed E-state index contributed by atoms with van der Waals surface area (Å²) in [6.07, 6.45) is 4.89. The maximum Gasteiger partial charge on any atom is 0.356 e. The van der Waals surface area contributed by atoms with E-state index in [4.69, 9.17) is 5.11 Å². The number of anilines is 1. The lowest BCUT2D eigenvalue weighted by molar-refractivity contribution is -0.00979. The van der Waals surface area contributed by atoms with E-state index in [1.165, 1.54) is 12.4 Å². The first kappa shape index (κ1) is 10.5. The van der Waals surface area contributed by atoms with E-state index in [9.17, 15) is 9.90 Å². The number of carboxylic acids is 1. The average molecular weight is 235 g/mol. The molecule has 0 aromatic carbocycles. The van der Waals surface area contributed by atoms with Gasteiger partial charge in [-0.2, -0.15) is 0 Å². The highest BCUT2D eigenvalue weighted by molar-refractivity contribution is 5.84. The minimum Gasteiger partial charge on any atom is -0.476 e. The smallest absolute Gasteiger partial charge is 0.356 e. The van der Waals surface area contributed by atoms with Crippen LogP contribution in [0, 0.1) is 5.92 Å². The van der Waals surface area contributed by atoms with E-state index in [1.54, 1.807) is 0 Å². The van der Waals surface area contributed by atoms with E-state index < -0.39 is 11.6 Å². The Balaban J connectivity index is 1.68. The second-order valence-corrected chi connectivity index (χ2v) is 4.80. The van der Waals surface area contributed by atoms with Gasteiger partial charge in [0.2, 0.25) is 0 Å². The third-order valence-corrected chi connectivity index (χ3v) is 3.45. The standard InChI is InChI=1S/C11H13N3O3/c15-10(16)8-3-13-9(4-12-8)14-5-11(17,6-14)7-1-2-7/h3-4,7,17H,1-2,5-6H2,(H,15,16). The second-order valence-electron chi connectivity index (χ2n) is 4.80. The number of carboxylic acid groups (broad SMARTS) is 1. The number of nitrogens with zero attached hydrogens (tertiary/aromatic N) is 3. The second kappa shape index (κ2) is 3.40. The predicted octanol–water partition coefficient (Wildman–Crippen LogP) is 0.136. The molecule has 2 heterocycles. The molecule has 0 atom stereocenters. The quantitative estimate of drug-likeness (QED) is 0.774. The summed E-state index contributed by atoms with van der Waals surface area (Å²) in [6, 6.07) is 0. The molecule has 3 rings (SSSR count). The van der Waals surface area contributed by atoms with Crippen LogP contribution >= 0.6 is 0 Å². The van der Waals surface area contributed by atoms with Gasteiger partial charge in [0.25, 0.3) is 0 Å².